The molecule has 0 saturated heterocycles. The van der Waals surface area contributed by atoms with Crippen molar-refractivity contribution in [1.82, 2.24) is 0 Å². The lowest BCUT2D eigenvalue weighted by Gasteiger charge is -2.12. The molecule has 1 unspecified atom stereocenters. The maximum atomic E-state index is 11.1. The first-order valence-electron chi connectivity index (χ1n) is 4.55. The zero-order chi connectivity index (χ0) is 8.81. The predicted molar refractivity (Wildman–Crippen MR) is 48.0 cm³/mol. The van der Waals surface area contributed by atoms with Crippen molar-refractivity contribution in [3.05, 3.63) is 12.2 Å². The van der Waals surface area contributed by atoms with Crippen LogP contribution in [0.4, 0.5) is 0 Å². The van der Waals surface area contributed by atoms with Crippen molar-refractivity contribution < 1.29 is 9.53 Å². The maximum Gasteiger partial charge on any atom is 0.155 e. The Bertz CT molecular complexity index is 173. The van der Waals surface area contributed by atoms with Gasteiger partial charge in [-0.3, -0.25) is 4.79 Å². The van der Waals surface area contributed by atoms with Gasteiger partial charge in [-0.2, -0.15) is 0 Å². The van der Waals surface area contributed by atoms with E-state index in [0.29, 0.717) is 6.42 Å². The van der Waals surface area contributed by atoms with Crippen LogP contribution in [0.1, 0.15) is 32.1 Å². The fraction of sp³-hybridized carbons (Fsp3) is 0.700. The minimum atomic E-state index is 0.235. The maximum absolute atomic E-state index is 11.1. The van der Waals surface area contributed by atoms with E-state index in [4.69, 9.17) is 4.74 Å². The predicted octanol–water partition coefficient (Wildman–Crippen LogP) is 2.09. The summed E-state index contributed by atoms with van der Waals surface area (Å²) in [4.78, 5) is 11.1. The van der Waals surface area contributed by atoms with Crippen molar-refractivity contribution in [2.24, 2.45) is 0 Å². The third-order valence-corrected chi connectivity index (χ3v) is 2.25. The van der Waals surface area contributed by atoms with Crippen molar-refractivity contribution in [3.63, 3.8) is 0 Å². The van der Waals surface area contributed by atoms with E-state index in [9.17, 15) is 4.79 Å². The van der Waals surface area contributed by atoms with Gasteiger partial charge in [-0.05, 0) is 31.8 Å². The monoisotopic (exact) mass is 168 g/mol. The summed E-state index contributed by atoms with van der Waals surface area (Å²) in [5.74, 6) is 0.235. The quantitative estimate of drug-likeness (QED) is 0.599. The van der Waals surface area contributed by atoms with Gasteiger partial charge in [0, 0.05) is 13.5 Å². The summed E-state index contributed by atoms with van der Waals surface area (Å²) in [6.07, 6.45) is 8.68. The second-order valence-corrected chi connectivity index (χ2v) is 3.20. The van der Waals surface area contributed by atoms with E-state index < -0.39 is 0 Å². The van der Waals surface area contributed by atoms with Gasteiger partial charge in [-0.15, -0.1) is 0 Å². The molecule has 1 aliphatic carbocycles. The van der Waals surface area contributed by atoms with Crippen molar-refractivity contribution in [3.8, 4) is 0 Å². The number of carbonyl (C=O) groups is 1. The van der Waals surface area contributed by atoms with Gasteiger partial charge in [0.2, 0.25) is 0 Å². The highest BCUT2D eigenvalue weighted by atomic mass is 16.5. The van der Waals surface area contributed by atoms with Gasteiger partial charge < -0.3 is 4.74 Å². The molecule has 2 heteroatoms. The molecule has 0 saturated carbocycles. The van der Waals surface area contributed by atoms with E-state index in [0.717, 1.165) is 25.7 Å². The van der Waals surface area contributed by atoms with Crippen LogP contribution in [0.5, 0.6) is 0 Å². The first kappa shape index (κ1) is 9.46. The number of hydrogen-bond acceptors (Lipinski definition) is 2. The molecule has 0 aromatic carbocycles. The molecule has 0 aliphatic heterocycles. The summed E-state index contributed by atoms with van der Waals surface area (Å²) in [5.41, 5.74) is 0. The normalized spacial score (nSPS) is 28.8. The molecule has 0 aromatic rings. The third-order valence-electron chi connectivity index (χ3n) is 2.25. The molecular weight excluding hydrogens is 152 g/mol. The molecule has 0 fully saturated rings. The molecule has 68 valence electrons. The highest BCUT2D eigenvalue weighted by Crippen LogP contribution is 2.13. The van der Waals surface area contributed by atoms with Crippen LogP contribution in [-0.4, -0.2) is 19.0 Å². The first-order chi connectivity index (χ1) is 5.83. The van der Waals surface area contributed by atoms with Crippen LogP contribution < -0.4 is 0 Å². The molecule has 0 radical (unpaired) electrons. The van der Waals surface area contributed by atoms with E-state index in [2.05, 4.69) is 0 Å². The van der Waals surface area contributed by atoms with E-state index in [1.807, 2.05) is 6.08 Å². The standard InChI is InChI=1S/C10H16O2/c1-12-10-6-4-2-3-5-9(11)7-8-10/h3,5,10H,2,4,6-8H2,1H3/b5-3+. The van der Waals surface area contributed by atoms with Crippen LogP contribution in [0.3, 0.4) is 0 Å². The molecule has 0 spiro atoms. The molecule has 1 rings (SSSR count). The van der Waals surface area contributed by atoms with Gasteiger partial charge in [0.15, 0.2) is 5.78 Å². The second kappa shape index (κ2) is 5.09. The Morgan fingerprint density at radius 2 is 2.33 bits per heavy atom. The van der Waals surface area contributed by atoms with Crippen LogP contribution >= 0.6 is 0 Å². The summed E-state index contributed by atoms with van der Waals surface area (Å²) in [6, 6.07) is 0. The van der Waals surface area contributed by atoms with Crippen LogP contribution in [0.25, 0.3) is 0 Å². The van der Waals surface area contributed by atoms with Gasteiger partial charge >= 0.3 is 0 Å². The van der Waals surface area contributed by atoms with E-state index in [1.165, 1.54) is 0 Å². The Kier molecular flexibility index (Phi) is 4.01. The van der Waals surface area contributed by atoms with E-state index >= 15 is 0 Å². The number of carbonyl (C=O) groups excluding carboxylic acids is 1. The Labute approximate surface area is 73.6 Å². The van der Waals surface area contributed by atoms with Crippen molar-refractivity contribution in [2.75, 3.05) is 7.11 Å². The molecule has 12 heavy (non-hydrogen) atoms. The van der Waals surface area contributed by atoms with Gasteiger partial charge in [0.1, 0.15) is 0 Å². The number of ether oxygens (including phenoxy) is 1. The highest BCUT2D eigenvalue weighted by Gasteiger charge is 2.09. The highest BCUT2D eigenvalue weighted by molar-refractivity contribution is 5.89. The van der Waals surface area contributed by atoms with Gasteiger partial charge in [-0.1, -0.05) is 6.08 Å². The lowest BCUT2D eigenvalue weighted by molar-refractivity contribution is -0.115. The Balaban J connectivity index is 2.42. The van der Waals surface area contributed by atoms with Crippen molar-refractivity contribution >= 4 is 5.78 Å². The third kappa shape index (κ3) is 3.18. The lowest BCUT2D eigenvalue weighted by Crippen LogP contribution is -2.11. The topological polar surface area (TPSA) is 26.3 Å². The smallest absolute Gasteiger partial charge is 0.155 e. The van der Waals surface area contributed by atoms with E-state index in [-0.39, 0.29) is 11.9 Å². The average molecular weight is 168 g/mol. The average Bonchev–Trinajstić information content (AvgIpc) is 2.17. The number of hydrogen-bond donors (Lipinski definition) is 0. The summed E-state index contributed by atoms with van der Waals surface area (Å²) >= 11 is 0. The molecule has 0 bridgehead atoms. The number of ketones is 1. The largest absolute Gasteiger partial charge is 0.381 e. The first-order valence-corrected chi connectivity index (χ1v) is 4.55. The van der Waals surface area contributed by atoms with Gasteiger partial charge in [0.05, 0.1) is 6.10 Å². The Morgan fingerprint density at radius 3 is 3.08 bits per heavy atom. The zero-order valence-corrected chi connectivity index (χ0v) is 7.58. The summed E-state index contributed by atoms with van der Waals surface area (Å²) in [5, 5.41) is 0. The zero-order valence-electron chi connectivity index (χ0n) is 7.58. The molecule has 0 aromatic heterocycles. The van der Waals surface area contributed by atoms with E-state index in [1.54, 1.807) is 13.2 Å². The van der Waals surface area contributed by atoms with Crippen molar-refractivity contribution in [1.29, 1.82) is 0 Å². The van der Waals surface area contributed by atoms with Crippen LogP contribution in [0.2, 0.25) is 0 Å². The number of methoxy groups -OCH3 is 1. The molecule has 0 N–H and O–H groups in total. The molecule has 1 aliphatic rings. The number of allylic oxidation sites excluding steroid dienone is 2. The van der Waals surface area contributed by atoms with Crippen LogP contribution in [-0.2, 0) is 9.53 Å². The molecule has 2 nitrogen and oxygen atoms in total. The second-order valence-electron chi connectivity index (χ2n) is 3.20. The Hall–Kier alpha value is -0.630. The molecule has 1 atom stereocenters. The number of rotatable bonds is 1. The fourth-order valence-electron chi connectivity index (χ4n) is 1.44. The van der Waals surface area contributed by atoms with Gasteiger partial charge in [-0.25, -0.2) is 0 Å². The van der Waals surface area contributed by atoms with Crippen LogP contribution in [0, 0.1) is 0 Å². The summed E-state index contributed by atoms with van der Waals surface area (Å²) < 4.78 is 5.25. The Morgan fingerprint density at radius 1 is 1.50 bits per heavy atom. The van der Waals surface area contributed by atoms with Crippen LogP contribution in [0.15, 0.2) is 12.2 Å². The minimum absolute atomic E-state index is 0.235. The summed E-state index contributed by atoms with van der Waals surface area (Å²) in [6.45, 7) is 0. The molecule has 0 amide bonds. The minimum Gasteiger partial charge on any atom is -0.381 e. The summed E-state index contributed by atoms with van der Waals surface area (Å²) in [7, 11) is 1.72. The fourth-order valence-corrected chi connectivity index (χ4v) is 1.44. The SMILES string of the molecule is COC1CCC/C=C/C(=O)CC1. The van der Waals surface area contributed by atoms with Gasteiger partial charge in [0.25, 0.3) is 0 Å². The lowest BCUT2D eigenvalue weighted by atomic mass is 10.1. The van der Waals surface area contributed by atoms with Crippen molar-refractivity contribution in [2.45, 2.75) is 38.2 Å². The molecular formula is C10H16O2. The molecule has 0 heterocycles.